The number of hydrogen-bond donors (Lipinski definition) is 3. The van der Waals surface area contributed by atoms with Gasteiger partial charge in [-0.3, -0.25) is 9.78 Å². The van der Waals surface area contributed by atoms with Gasteiger partial charge in [0.2, 0.25) is 0 Å². The number of nitrogens with zero attached hydrogens (tertiary/aromatic N) is 1. The Balaban J connectivity index is 2.09. The lowest BCUT2D eigenvalue weighted by Crippen LogP contribution is -2.34. The largest absolute Gasteiger partial charge is 0.444 e. The number of nitrogens with one attached hydrogen (secondary N) is 2. The zero-order valence-electron chi connectivity index (χ0n) is 14.4. The molecule has 134 valence electrons. The standard InChI is InChI=1S/C16H26N4O4/c1-16(2,3)24-15(22)19-7-9-23-8-6-18-14(21)12-4-5-13(10-17)20-11-12/h4-5,11H,6-10,17H2,1-3H3,(H,18,21)(H,19,22). The number of carbonyl (C=O) groups is 2. The van der Waals surface area contributed by atoms with Crippen LogP contribution in [0.25, 0.3) is 0 Å². The van der Waals surface area contributed by atoms with E-state index in [1.54, 1.807) is 32.9 Å². The first-order valence-electron chi connectivity index (χ1n) is 7.79. The first-order valence-corrected chi connectivity index (χ1v) is 7.79. The molecule has 0 bridgehead atoms. The predicted molar refractivity (Wildman–Crippen MR) is 89.5 cm³/mol. The number of rotatable bonds is 8. The molecule has 0 spiro atoms. The van der Waals surface area contributed by atoms with Crippen LogP contribution < -0.4 is 16.4 Å². The first kappa shape index (κ1) is 19.9. The summed E-state index contributed by atoms with van der Waals surface area (Å²) in [6, 6.07) is 3.39. The Morgan fingerprint density at radius 1 is 1.17 bits per heavy atom. The summed E-state index contributed by atoms with van der Waals surface area (Å²) in [6.45, 7) is 7.11. The van der Waals surface area contributed by atoms with Crippen molar-refractivity contribution < 1.29 is 19.1 Å². The fourth-order valence-corrected chi connectivity index (χ4v) is 1.66. The van der Waals surface area contributed by atoms with Gasteiger partial charge in [0.15, 0.2) is 0 Å². The maximum Gasteiger partial charge on any atom is 0.407 e. The predicted octanol–water partition coefficient (Wildman–Crippen LogP) is 0.811. The van der Waals surface area contributed by atoms with Crippen LogP contribution in [0.5, 0.6) is 0 Å². The van der Waals surface area contributed by atoms with E-state index in [2.05, 4.69) is 15.6 Å². The van der Waals surface area contributed by atoms with Gasteiger partial charge in [-0.25, -0.2) is 4.79 Å². The molecule has 4 N–H and O–H groups in total. The molecule has 0 aliphatic rings. The van der Waals surface area contributed by atoms with E-state index in [-0.39, 0.29) is 5.91 Å². The lowest BCUT2D eigenvalue weighted by Gasteiger charge is -2.19. The van der Waals surface area contributed by atoms with Crippen LogP contribution in [0.1, 0.15) is 36.8 Å². The highest BCUT2D eigenvalue weighted by Crippen LogP contribution is 2.06. The van der Waals surface area contributed by atoms with E-state index in [1.807, 2.05) is 0 Å². The molecule has 1 heterocycles. The Kier molecular flexibility index (Phi) is 8.14. The third-order valence-electron chi connectivity index (χ3n) is 2.74. The molecule has 0 fully saturated rings. The number of carbonyl (C=O) groups excluding carboxylic acids is 2. The van der Waals surface area contributed by atoms with Crippen LogP contribution in [-0.2, 0) is 16.0 Å². The second kappa shape index (κ2) is 9.84. The summed E-state index contributed by atoms with van der Waals surface area (Å²) < 4.78 is 10.4. The minimum absolute atomic E-state index is 0.221. The van der Waals surface area contributed by atoms with Crippen molar-refractivity contribution in [2.24, 2.45) is 5.73 Å². The number of amides is 2. The lowest BCUT2D eigenvalue weighted by molar-refractivity contribution is 0.0500. The lowest BCUT2D eigenvalue weighted by atomic mass is 10.2. The molecule has 0 aliphatic heterocycles. The van der Waals surface area contributed by atoms with Crippen LogP contribution in [0.4, 0.5) is 4.79 Å². The molecule has 8 heteroatoms. The van der Waals surface area contributed by atoms with E-state index in [4.69, 9.17) is 15.2 Å². The third kappa shape index (κ3) is 8.44. The molecule has 0 saturated heterocycles. The molecular formula is C16H26N4O4. The fraction of sp³-hybridized carbons (Fsp3) is 0.562. The van der Waals surface area contributed by atoms with Crippen molar-refractivity contribution >= 4 is 12.0 Å². The number of ether oxygens (including phenoxy) is 2. The highest BCUT2D eigenvalue weighted by Gasteiger charge is 2.15. The van der Waals surface area contributed by atoms with Crippen molar-refractivity contribution in [1.82, 2.24) is 15.6 Å². The molecule has 0 aromatic carbocycles. The van der Waals surface area contributed by atoms with Crippen molar-refractivity contribution in [2.75, 3.05) is 26.3 Å². The minimum atomic E-state index is -0.521. The summed E-state index contributed by atoms with van der Waals surface area (Å²) in [5.41, 5.74) is 6.13. The van der Waals surface area contributed by atoms with Gasteiger partial charge in [-0.1, -0.05) is 0 Å². The van der Waals surface area contributed by atoms with Crippen molar-refractivity contribution in [3.05, 3.63) is 29.6 Å². The van der Waals surface area contributed by atoms with Crippen LogP contribution in [0.3, 0.4) is 0 Å². The smallest absolute Gasteiger partial charge is 0.407 e. The van der Waals surface area contributed by atoms with E-state index in [0.717, 1.165) is 5.69 Å². The molecular weight excluding hydrogens is 312 g/mol. The maximum absolute atomic E-state index is 11.8. The number of alkyl carbamates (subject to hydrolysis) is 1. The summed E-state index contributed by atoms with van der Waals surface area (Å²) >= 11 is 0. The second-order valence-corrected chi connectivity index (χ2v) is 6.04. The summed E-state index contributed by atoms with van der Waals surface area (Å²) in [5.74, 6) is -0.221. The molecule has 1 rings (SSSR count). The highest BCUT2D eigenvalue weighted by molar-refractivity contribution is 5.93. The topological polar surface area (TPSA) is 116 Å². The van der Waals surface area contributed by atoms with Crippen molar-refractivity contribution in [3.63, 3.8) is 0 Å². The molecule has 8 nitrogen and oxygen atoms in total. The zero-order chi connectivity index (χ0) is 18.0. The van der Waals surface area contributed by atoms with Crippen molar-refractivity contribution in [3.8, 4) is 0 Å². The monoisotopic (exact) mass is 338 g/mol. The van der Waals surface area contributed by atoms with Crippen molar-refractivity contribution in [1.29, 1.82) is 0 Å². The van der Waals surface area contributed by atoms with Gasteiger partial charge in [0.1, 0.15) is 5.60 Å². The van der Waals surface area contributed by atoms with Gasteiger partial charge in [-0.15, -0.1) is 0 Å². The summed E-state index contributed by atoms with van der Waals surface area (Å²) in [6.07, 6.45) is 1.01. The number of pyridine rings is 1. The number of nitrogens with two attached hydrogens (primary N) is 1. The van der Waals surface area contributed by atoms with Crippen LogP contribution in [0, 0.1) is 0 Å². The minimum Gasteiger partial charge on any atom is -0.444 e. The third-order valence-corrected chi connectivity index (χ3v) is 2.74. The van der Waals surface area contributed by atoms with E-state index in [1.165, 1.54) is 6.20 Å². The molecule has 1 aromatic heterocycles. The van der Waals surface area contributed by atoms with Crippen LogP contribution in [0.2, 0.25) is 0 Å². The SMILES string of the molecule is CC(C)(C)OC(=O)NCCOCCNC(=O)c1ccc(CN)nc1. The molecule has 24 heavy (non-hydrogen) atoms. The average molecular weight is 338 g/mol. The van der Waals surface area contributed by atoms with Gasteiger partial charge in [-0.05, 0) is 32.9 Å². The zero-order valence-corrected chi connectivity index (χ0v) is 14.4. The Morgan fingerprint density at radius 2 is 1.83 bits per heavy atom. The molecule has 0 radical (unpaired) electrons. The van der Waals surface area contributed by atoms with E-state index in [0.29, 0.717) is 38.4 Å². The number of hydrogen-bond acceptors (Lipinski definition) is 6. The quantitative estimate of drug-likeness (QED) is 0.604. The Morgan fingerprint density at radius 3 is 2.38 bits per heavy atom. The normalized spacial score (nSPS) is 11.0. The first-order chi connectivity index (χ1) is 11.3. The summed E-state index contributed by atoms with van der Waals surface area (Å²) in [7, 11) is 0. The van der Waals surface area contributed by atoms with Gasteiger partial charge in [-0.2, -0.15) is 0 Å². The molecule has 0 aliphatic carbocycles. The average Bonchev–Trinajstić information content (AvgIpc) is 2.52. The van der Waals surface area contributed by atoms with E-state index in [9.17, 15) is 9.59 Å². The fourth-order valence-electron chi connectivity index (χ4n) is 1.66. The van der Waals surface area contributed by atoms with Gasteiger partial charge in [0, 0.05) is 25.8 Å². The van der Waals surface area contributed by atoms with Gasteiger partial charge >= 0.3 is 6.09 Å². The highest BCUT2D eigenvalue weighted by atomic mass is 16.6. The van der Waals surface area contributed by atoms with Crippen LogP contribution >= 0.6 is 0 Å². The van der Waals surface area contributed by atoms with Crippen LogP contribution in [0.15, 0.2) is 18.3 Å². The van der Waals surface area contributed by atoms with Gasteiger partial charge < -0.3 is 25.8 Å². The Hall–Kier alpha value is -2.19. The molecule has 2 amide bonds. The van der Waals surface area contributed by atoms with Crippen molar-refractivity contribution in [2.45, 2.75) is 32.9 Å². The Bertz CT molecular complexity index is 526. The molecule has 0 unspecified atom stereocenters. The summed E-state index contributed by atoms with van der Waals surface area (Å²) in [5, 5.41) is 5.30. The molecule has 1 aromatic rings. The molecule has 0 saturated carbocycles. The van der Waals surface area contributed by atoms with E-state index < -0.39 is 11.7 Å². The van der Waals surface area contributed by atoms with Gasteiger partial charge in [0.25, 0.3) is 5.91 Å². The number of aromatic nitrogens is 1. The Labute approximate surface area is 142 Å². The molecule has 0 atom stereocenters. The second-order valence-electron chi connectivity index (χ2n) is 6.04. The maximum atomic E-state index is 11.8. The van der Waals surface area contributed by atoms with E-state index >= 15 is 0 Å². The van der Waals surface area contributed by atoms with Gasteiger partial charge in [0.05, 0.1) is 24.5 Å². The van der Waals surface area contributed by atoms with Crippen LogP contribution in [-0.4, -0.2) is 48.9 Å². The summed E-state index contributed by atoms with van der Waals surface area (Å²) in [4.78, 5) is 27.3.